The summed E-state index contributed by atoms with van der Waals surface area (Å²) < 4.78 is 2.01. The van der Waals surface area contributed by atoms with Crippen LogP contribution in [0.15, 0.2) is 40.4 Å². The average Bonchev–Trinajstić information content (AvgIpc) is 2.92. The van der Waals surface area contributed by atoms with E-state index in [1.54, 1.807) is 23.5 Å². The van der Waals surface area contributed by atoms with Gasteiger partial charge in [-0.15, -0.1) is 22.0 Å². The van der Waals surface area contributed by atoms with Crippen LogP contribution in [0.4, 0.5) is 0 Å². The number of aromatic nitrogens is 4. The summed E-state index contributed by atoms with van der Waals surface area (Å²) in [6, 6.07) is 9.92. The Hall–Kier alpha value is -1.24. The normalized spacial score (nSPS) is 11.3. The van der Waals surface area contributed by atoms with Gasteiger partial charge in [0.15, 0.2) is 10.8 Å². The maximum atomic E-state index is 6.16. The molecule has 120 valence electrons. The van der Waals surface area contributed by atoms with E-state index in [4.69, 9.17) is 11.6 Å². The second kappa shape index (κ2) is 7.55. The number of halogens is 1. The van der Waals surface area contributed by atoms with Crippen molar-refractivity contribution >= 4 is 40.8 Å². The van der Waals surface area contributed by atoms with E-state index >= 15 is 0 Å². The van der Waals surface area contributed by atoms with Gasteiger partial charge in [-0.1, -0.05) is 35.5 Å². The first kappa shape index (κ1) is 16.6. The number of hydrogen-bond acceptors (Lipinski definition) is 5. The molecule has 3 aromatic rings. The van der Waals surface area contributed by atoms with Crippen LogP contribution in [-0.2, 0) is 0 Å². The minimum Gasteiger partial charge on any atom is -0.258 e. The fourth-order valence-electron chi connectivity index (χ4n) is 2.26. The zero-order valence-electron chi connectivity index (χ0n) is 13.0. The molecule has 7 heteroatoms. The van der Waals surface area contributed by atoms with Crippen molar-refractivity contribution in [1.82, 2.24) is 19.6 Å². The molecular formula is C16H17ClN4S2. The van der Waals surface area contributed by atoms with E-state index in [0.29, 0.717) is 0 Å². The third-order valence-electron chi connectivity index (χ3n) is 3.27. The topological polar surface area (TPSA) is 43.1 Å². The third-order valence-corrected chi connectivity index (χ3v) is 5.89. The highest BCUT2D eigenvalue weighted by atomic mass is 35.5. The molecule has 0 aliphatic rings. The van der Waals surface area contributed by atoms with Gasteiger partial charge in [-0.25, -0.2) is 4.98 Å². The van der Waals surface area contributed by atoms with Crippen LogP contribution in [0.3, 0.4) is 0 Å². The Morgan fingerprint density at radius 1 is 1.09 bits per heavy atom. The highest BCUT2D eigenvalue weighted by Gasteiger charge is 2.09. The lowest BCUT2D eigenvalue weighted by Gasteiger charge is -2.05. The van der Waals surface area contributed by atoms with Crippen LogP contribution in [0.2, 0.25) is 5.02 Å². The number of nitrogens with zero attached hydrogens (tertiary/aromatic N) is 4. The summed E-state index contributed by atoms with van der Waals surface area (Å²) in [5.74, 6) is 2.95. The summed E-state index contributed by atoms with van der Waals surface area (Å²) in [6.07, 6.45) is 1.08. The Balaban J connectivity index is 1.54. The number of thioether (sulfide) groups is 2. The van der Waals surface area contributed by atoms with E-state index in [1.807, 2.05) is 42.5 Å². The van der Waals surface area contributed by atoms with Crippen LogP contribution >= 0.6 is 35.1 Å². The van der Waals surface area contributed by atoms with Crippen LogP contribution in [-0.4, -0.2) is 31.1 Å². The lowest BCUT2D eigenvalue weighted by Crippen LogP contribution is -1.99. The molecule has 0 saturated carbocycles. The maximum absolute atomic E-state index is 6.16. The summed E-state index contributed by atoms with van der Waals surface area (Å²) >= 11 is 9.67. The molecule has 0 aliphatic heterocycles. The molecule has 0 unspecified atom stereocenters. The van der Waals surface area contributed by atoms with E-state index in [1.165, 1.54) is 0 Å². The largest absolute Gasteiger partial charge is 0.258 e. The number of fused-ring (bicyclic) bond motifs is 1. The van der Waals surface area contributed by atoms with Crippen molar-refractivity contribution in [2.24, 2.45) is 0 Å². The summed E-state index contributed by atoms with van der Waals surface area (Å²) in [5.41, 5.74) is 1.83. The van der Waals surface area contributed by atoms with E-state index in [2.05, 4.69) is 21.2 Å². The predicted octanol–water partition coefficient (Wildman–Crippen LogP) is 4.67. The lowest BCUT2D eigenvalue weighted by atomic mass is 10.4. The van der Waals surface area contributed by atoms with Gasteiger partial charge in [-0.2, -0.15) is 0 Å². The van der Waals surface area contributed by atoms with Gasteiger partial charge in [0.1, 0.15) is 5.82 Å². The molecule has 0 aliphatic carbocycles. The monoisotopic (exact) mass is 364 g/mol. The lowest BCUT2D eigenvalue weighted by molar-refractivity contribution is 0.853. The van der Waals surface area contributed by atoms with E-state index in [-0.39, 0.29) is 0 Å². The van der Waals surface area contributed by atoms with Gasteiger partial charge in [0.05, 0.1) is 5.02 Å². The number of benzene rings is 1. The second-order valence-corrected chi connectivity index (χ2v) is 7.71. The molecule has 0 N–H and O–H groups in total. The molecule has 4 nitrogen and oxygen atoms in total. The highest BCUT2D eigenvalue weighted by molar-refractivity contribution is 8.00. The fourth-order valence-corrected chi connectivity index (χ4v) is 4.56. The summed E-state index contributed by atoms with van der Waals surface area (Å²) in [7, 11) is 0. The molecule has 0 bridgehead atoms. The van der Waals surface area contributed by atoms with E-state index < -0.39 is 0 Å². The van der Waals surface area contributed by atoms with Crippen LogP contribution in [0.5, 0.6) is 0 Å². The Labute approximate surface area is 149 Å². The van der Waals surface area contributed by atoms with Gasteiger partial charge in [-0.3, -0.25) is 4.40 Å². The van der Waals surface area contributed by atoms with Crippen molar-refractivity contribution in [3.8, 4) is 0 Å². The molecule has 2 aromatic heterocycles. The van der Waals surface area contributed by atoms with E-state index in [9.17, 15) is 0 Å². The smallest absolute Gasteiger partial charge is 0.197 e. The van der Waals surface area contributed by atoms with Gasteiger partial charge in [0, 0.05) is 22.4 Å². The van der Waals surface area contributed by atoms with Gasteiger partial charge in [0.2, 0.25) is 0 Å². The summed E-state index contributed by atoms with van der Waals surface area (Å²) in [4.78, 5) is 5.62. The molecule has 1 aromatic carbocycles. The van der Waals surface area contributed by atoms with Crippen LogP contribution < -0.4 is 0 Å². The Kier molecular flexibility index (Phi) is 5.46. The maximum Gasteiger partial charge on any atom is 0.197 e. The molecule has 0 fully saturated rings. The zero-order chi connectivity index (χ0) is 16.2. The van der Waals surface area contributed by atoms with Crippen LogP contribution in [0, 0.1) is 13.8 Å². The quantitative estimate of drug-likeness (QED) is 0.469. The Morgan fingerprint density at radius 2 is 1.87 bits per heavy atom. The van der Waals surface area contributed by atoms with Crippen molar-refractivity contribution in [2.75, 3.05) is 11.5 Å². The SMILES string of the molecule is Cc1cc2nnc(SCCCSc3ccccc3Cl)n2c(C)n1. The fraction of sp³-hybridized carbons (Fsp3) is 0.312. The minimum absolute atomic E-state index is 0.825. The van der Waals surface area contributed by atoms with Gasteiger partial charge < -0.3 is 0 Å². The van der Waals surface area contributed by atoms with Crippen molar-refractivity contribution in [3.05, 3.63) is 46.9 Å². The van der Waals surface area contributed by atoms with Crippen molar-refractivity contribution in [1.29, 1.82) is 0 Å². The third kappa shape index (κ3) is 4.00. The number of rotatable bonds is 6. The molecular weight excluding hydrogens is 348 g/mol. The minimum atomic E-state index is 0.825. The van der Waals surface area contributed by atoms with Crippen molar-refractivity contribution in [2.45, 2.75) is 30.3 Å². The van der Waals surface area contributed by atoms with Gasteiger partial charge in [-0.05, 0) is 38.2 Å². The Bertz CT molecular complexity index is 819. The first-order chi connectivity index (χ1) is 11.1. The molecule has 0 radical (unpaired) electrons. The predicted molar refractivity (Wildman–Crippen MR) is 97.8 cm³/mol. The van der Waals surface area contributed by atoms with Gasteiger partial charge in [0.25, 0.3) is 0 Å². The van der Waals surface area contributed by atoms with Gasteiger partial charge >= 0.3 is 0 Å². The first-order valence-corrected chi connectivity index (χ1v) is 9.69. The summed E-state index contributed by atoms with van der Waals surface area (Å²) in [5, 5.41) is 10.2. The van der Waals surface area contributed by atoms with Crippen LogP contribution in [0.25, 0.3) is 5.65 Å². The van der Waals surface area contributed by atoms with E-state index in [0.717, 1.165) is 50.2 Å². The molecule has 0 atom stereocenters. The average molecular weight is 365 g/mol. The standard InChI is InChI=1S/C16H17ClN4S2/c1-11-10-15-19-20-16(21(15)12(2)18-11)23-9-5-8-22-14-7-4-3-6-13(14)17/h3-4,6-7,10H,5,8-9H2,1-2H3. The highest BCUT2D eigenvalue weighted by Crippen LogP contribution is 2.28. The van der Waals surface area contributed by atoms with Crippen molar-refractivity contribution in [3.63, 3.8) is 0 Å². The Morgan fingerprint density at radius 3 is 2.70 bits per heavy atom. The second-order valence-electron chi connectivity index (χ2n) is 5.10. The van der Waals surface area contributed by atoms with Crippen LogP contribution in [0.1, 0.15) is 17.9 Å². The summed E-state index contributed by atoms with van der Waals surface area (Å²) in [6.45, 7) is 3.96. The molecule has 0 saturated heterocycles. The van der Waals surface area contributed by atoms with Crippen molar-refractivity contribution < 1.29 is 0 Å². The molecule has 23 heavy (non-hydrogen) atoms. The molecule has 0 amide bonds. The zero-order valence-corrected chi connectivity index (χ0v) is 15.4. The number of aryl methyl sites for hydroxylation is 2. The molecule has 0 spiro atoms. The first-order valence-electron chi connectivity index (χ1n) is 7.34. The molecule has 3 rings (SSSR count). The number of hydrogen-bond donors (Lipinski definition) is 0. The molecule has 2 heterocycles.